The fourth-order valence-corrected chi connectivity index (χ4v) is 10.7. The number of likely N-dealkylation sites (tertiary alicyclic amines) is 1. The van der Waals surface area contributed by atoms with Gasteiger partial charge < -0.3 is 25.9 Å². The summed E-state index contributed by atoms with van der Waals surface area (Å²) in [6, 6.07) is 29.4. The largest absolute Gasteiger partial charge is 0.462 e. The summed E-state index contributed by atoms with van der Waals surface area (Å²) in [7, 11) is -1.08. The molecule has 252 valence electrons. The average Bonchev–Trinajstić information content (AvgIpc) is 3.10. The van der Waals surface area contributed by atoms with Crippen LogP contribution in [-0.2, 0) is 9.83 Å². The van der Waals surface area contributed by atoms with Crippen LogP contribution in [0.5, 0.6) is 5.88 Å². The normalized spacial score (nSPS) is 16.3. The standard InChI is InChI=1S/C38H36ClN7O3Si/c1-38(2)27-12-4-8-16-32(27)50(38)31-15-7-3-11-25(31)34(47)24-20-46(21-24)22-30(36(48)45-33-17-9-10-18-41-33)49-37-26(19-40)35(42-23-43-37)44-29-14-6-5-13-28(29)39/h3-19,23-24,30,34,47H,20-22H2,1-2H3,(H2-,40,41,42,43,44,45,48)/p+1. The number of anilines is 3. The molecule has 2 unspecified atom stereocenters. The molecule has 7 rings (SSSR count). The van der Waals surface area contributed by atoms with E-state index in [-0.39, 0.29) is 28.9 Å². The maximum absolute atomic E-state index is 13.7. The quantitative estimate of drug-likeness (QED) is 0.108. The van der Waals surface area contributed by atoms with Gasteiger partial charge >= 0.3 is 8.80 Å². The third-order valence-electron chi connectivity index (χ3n) is 9.48. The average molecular weight is 703 g/mol. The first-order valence-corrected chi connectivity index (χ1v) is 18.3. The number of pyridine rings is 1. The third kappa shape index (κ3) is 6.52. The van der Waals surface area contributed by atoms with Crippen LogP contribution in [0.2, 0.25) is 5.02 Å². The Morgan fingerprint density at radius 3 is 2.50 bits per heavy atom. The minimum atomic E-state index is -1.08. The van der Waals surface area contributed by atoms with Crippen molar-refractivity contribution in [3.63, 3.8) is 0 Å². The Kier molecular flexibility index (Phi) is 9.47. The first-order valence-electron chi connectivity index (χ1n) is 16.5. The Morgan fingerprint density at radius 2 is 1.74 bits per heavy atom. The number of carbonyl (C=O) groups excluding carboxylic acids is 1. The van der Waals surface area contributed by atoms with E-state index in [1.807, 2.05) is 18.2 Å². The lowest BCUT2D eigenvalue weighted by molar-refractivity contribution is -0.125. The topological polar surface area (TPSA) is 136 Å². The number of aliphatic hydroxyl groups is 1. The van der Waals surface area contributed by atoms with Crippen molar-refractivity contribution in [2.24, 2.45) is 5.92 Å². The molecule has 10 nitrogen and oxygen atoms in total. The summed E-state index contributed by atoms with van der Waals surface area (Å²) in [6.45, 7) is 6.01. The molecule has 0 spiro atoms. The minimum absolute atomic E-state index is 0.0145. The highest BCUT2D eigenvalue weighted by Crippen LogP contribution is 2.37. The minimum Gasteiger partial charge on any atom is -0.462 e. The van der Waals surface area contributed by atoms with Crippen molar-refractivity contribution in [3.8, 4) is 5.88 Å². The summed E-state index contributed by atoms with van der Waals surface area (Å²) >= 11 is 6.36. The van der Waals surface area contributed by atoms with Crippen LogP contribution >= 0.6 is 11.6 Å². The Labute approximate surface area is 297 Å². The lowest BCUT2D eigenvalue weighted by atomic mass is 9.88. The maximum atomic E-state index is 13.7. The van der Waals surface area contributed by atoms with Gasteiger partial charge in [0.25, 0.3) is 5.91 Å². The molecule has 50 heavy (non-hydrogen) atoms. The van der Waals surface area contributed by atoms with Crippen LogP contribution in [0.1, 0.15) is 36.6 Å². The van der Waals surface area contributed by atoms with E-state index in [9.17, 15) is 9.90 Å². The molecular weight excluding hydrogens is 666 g/mol. The van der Waals surface area contributed by atoms with E-state index in [0.717, 1.165) is 11.8 Å². The second-order valence-electron chi connectivity index (χ2n) is 13.1. The first kappa shape index (κ1) is 33.5. The highest BCUT2D eigenvalue weighted by molar-refractivity contribution is 6.92. The fourth-order valence-electron chi connectivity index (χ4n) is 6.91. The zero-order valence-corrected chi connectivity index (χ0v) is 29.4. The monoisotopic (exact) mass is 702 g/mol. The van der Waals surface area contributed by atoms with Crippen LogP contribution in [0, 0.1) is 11.3 Å². The predicted octanol–water partition coefficient (Wildman–Crippen LogP) is 4.76. The number of rotatable bonds is 12. The molecule has 4 N–H and O–H groups in total. The van der Waals surface area contributed by atoms with Gasteiger partial charge in [-0.3, -0.25) is 9.69 Å². The molecular formula is C38H37ClN7O3Si+. The first-order chi connectivity index (χ1) is 24.2. The molecule has 1 fully saturated rings. The number of amides is 1. The van der Waals surface area contributed by atoms with Crippen molar-refractivity contribution in [1.29, 1.82) is 5.41 Å². The number of fused-ring (bicyclic) bond motifs is 1. The van der Waals surface area contributed by atoms with Gasteiger partial charge in [-0.2, -0.15) is 0 Å². The summed E-state index contributed by atoms with van der Waals surface area (Å²) in [5, 5.41) is 29.1. The van der Waals surface area contributed by atoms with Gasteiger partial charge in [-0.1, -0.05) is 66.2 Å². The van der Waals surface area contributed by atoms with E-state index < -0.39 is 26.9 Å². The van der Waals surface area contributed by atoms with Crippen LogP contribution in [0.3, 0.4) is 0 Å². The number of carbonyl (C=O) groups is 1. The van der Waals surface area contributed by atoms with Gasteiger partial charge in [-0.15, -0.1) is 0 Å². The van der Waals surface area contributed by atoms with Crippen molar-refractivity contribution in [2.45, 2.75) is 31.1 Å². The van der Waals surface area contributed by atoms with Crippen LogP contribution in [0.25, 0.3) is 0 Å². The fraction of sp³-hybridized carbons (Fsp3) is 0.237. The molecule has 0 radical (unpaired) electrons. The molecule has 3 aromatic carbocycles. The predicted molar refractivity (Wildman–Crippen MR) is 198 cm³/mol. The SMILES string of the molecule is CC1(C)c2ccccc2[Si+]1c1ccccc1C(O)C1CN(CC(Oc2ncnc(Nc3ccccc3Cl)c2C=N)C(=O)Nc2ccccn2)C1. The molecule has 4 heterocycles. The number of benzene rings is 3. The number of ether oxygens (including phenoxy) is 1. The summed E-state index contributed by atoms with van der Waals surface area (Å²) in [5.74, 6) is 0.346. The van der Waals surface area contributed by atoms with Crippen molar-refractivity contribution in [2.75, 3.05) is 30.3 Å². The molecule has 0 saturated carbocycles. The summed E-state index contributed by atoms with van der Waals surface area (Å²) in [4.78, 5) is 28.6. The van der Waals surface area contributed by atoms with E-state index in [1.165, 1.54) is 22.3 Å². The second kappa shape index (κ2) is 14.1. The number of halogens is 1. The maximum Gasteiger partial charge on any atom is 0.402 e. The van der Waals surface area contributed by atoms with E-state index in [0.29, 0.717) is 35.4 Å². The number of aliphatic hydroxyl groups excluding tert-OH is 1. The second-order valence-corrected chi connectivity index (χ2v) is 16.5. The summed E-state index contributed by atoms with van der Waals surface area (Å²) < 4.78 is 6.28. The number of nitrogens with zero attached hydrogens (tertiary/aromatic N) is 4. The third-order valence-corrected chi connectivity index (χ3v) is 13.3. The van der Waals surface area contributed by atoms with Crippen molar-refractivity contribution in [3.05, 3.63) is 125 Å². The van der Waals surface area contributed by atoms with Crippen LogP contribution in [0.4, 0.5) is 17.3 Å². The van der Waals surface area contributed by atoms with E-state index in [4.69, 9.17) is 21.7 Å². The number of nitrogens with one attached hydrogen (secondary N) is 3. The van der Waals surface area contributed by atoms with Crippen LogP contribution in [-0.4, -0.2) is 71.6 Å². The number of hydrogen-bond acceptors (Lipinski definition) is 9. The molecule has 2 aromatic heterocycles. The Bertz CT molecular complexity index is 2030. The van der Waals surface area contributed by atoms with E-state index in [2.05, 4.69) is 86.8 Å². The molecule has 12 heteroatoms. The number of aromatic nitrogens is 3. The Balaban J connectivity index is 1.09. The molecule has 2 aliphatic heterocycles. The van der Waals surface area contributed by atoms with E-state index in [1.54, 1.807) is 36.5 Å². The van der Waals surface area contributed by atoms with E-state index >= 15 is 0 Å². The van der Waals surface area contributed by atoms with Crippen LogP contribution in [0.15, 0.2) is 104 Å². The van der Waals surface area contributed by atoms with Gasteiger partial charge in [-0.25, -0.2) is 15.0 Å². The van der Waals surface area contributed by atoms with Crippen molar-refractivity contribution >= 4 is 60.2 Å². The lowest BCUT2D eigenvalue weighted by Gasteiger charge is -2.43. The van der Waals surface area contributed by atoms with Gasteiger partial charge in [0.2, 0.25) is 5.88 Å². The molecule has 2 atom stereocenters. The summed E-state index contributed by atoms with van der Waals surface area (Å²) in [5.41, 5.74) is 3.25. The van der Waals surface area contributed by atoms with Gasteiger partial charge in [0.05, 0.1) is 22.4 Å². The Hall–Kier alpha value is -4.94. The number of hydrogen-bond donors (Lipinski definition) is 4. The van der Waals surface area contributed by atoms with Gasteiger partial charge in [0, 0.05) is 49.1 Å². The van der Waals surface area contributed by atoms with Crippen molar-refractivity contribution in [1.82, 2.24) is 19.9 Å². The van der Waals surface area contributed by atoms with Crippen molar-refractivity contribution < 1.29 is 14.6 Å². The highest BCUT2D eigenvalue weighted by atomic mass is 35.5. The molecule has 5 aromatic rings. The molecule has 0 aliphatic carbocycles. The Morgan fingerprint density at radius 1 is 1.02 bits per heavy atom. The zero-order valence-electron chi connectivity index (χ0n) is 27.7. The van der Waals surface area contributed by atoms with Gasteiger partial charge in [0.15, 0.2) is 6.10 Å². The van der Waals surface area contributed by atoms with Gasteiger partial charge in [-0.05, 0) is 50.2 Å². The lowest BCUT2D eigenvalue weighted by Crippen LogP contribution is -2.68. The molecule has 1 saturated heterocycles. The smallest absolute Gasteiger partial charge is 0.402 e. The molecule has 0 bridgehead atoms. The number of para-hydroxylation sites is 1. The zero-order chi connectivity index (χ0) is 34.8. The van der Waals surface area contributed by atoms with Gasteiger partial charge in [0.1, 0.15) is 33.4 Å². The molecule has 1 amide bonds. The summed E-state index contributed by atoms with van der Waals surface area (Å²) in [6.07, 6.45) is 2.34. The van der Waals surface area contributed by atoms with Crippen LogP contribution < -0.4 is 25.7 Å². The molecule has 2 aliphatic rings. The highest BCUT2D eigenvalue weighted by Gasteiger charge is 2.62.